The van der Waals surface area contributed by atoms with Gasteiger partial charge in [-0.15, -0.1) is 0 Å². The third kappa shape index (κ3) is 3.85. The molecule has 2 aromatic rings. The van der Waals surface area contributed by atoms with E-state index in [-0.39, 0.29) is 6.10 Å². The molecule has 2 atom stereocenters. The number of anilines is 1. The summed E-state index contributed by atoms with van der Waals surface area (Å²) in [7, 11) is 0. The van der Waals surface area contributed by atoms with E-state index in [1.807, 2.05) is 18.5 Å². The molecular weight excluding hydrogens is 316 g/mol. The number of aryl methyl sites for hydroxylation is 1. The molecule has 2 aliphatic heterocycles. The maximum absolute atomic E-state index is 6.18. The van der Waals surface area contributed by atoms with Crippen molar-refractivity contribution in [3.05, 3.63) is 42.1 Å². The fraction of sp³-hybridized carbons (Fsp3) is 0.579. The standard InChI is InChI=1S/C19H26N4O2/c1-2-16-4-5-17(25-16)13-22-9-6-15-12-23(10-11-24-18(15)14-22)19-20-7-3-8-21-19/h3-5,7-8,15,18H,2,6,9-14H2,1H3/t15-,18-/m1/s1. The molecule has 0 spiro atoms. The predicted octanol–water partition coefficient (Wildman–Crippen LogP) is 2.36. The highest BCUT2D eigenvalue weighted by Crippen LogP contribution is 2.26. The first-order chi connectivity index (χ1) is 12.3. The average Bonchev–Trinajstić information content (AvgIpc) is 3.00. The highest BCUT2D eigenvalue weighted by Gasteiger charge is 2.34. The van der Waals surface area contributed by atoms with Crippen molar-refractivity contribution in [2.45, 2.75) is 32.4 Å². The number of likely N-dealkylation sites (tertiary alicyclic amines) is 1. The van der Waals surface area contributed by atoms with E-state index in [0.29, 0.717) is 5.92 Å². The van der Waals surface area contributed by atoms with Crippen LogP contribution in [0.5, 0.6) is 0 Å². The van der Waals surface area contributed by atoms with Crippen LogP contribution in [0.1, 0.15) is 24.9 Å². The quantitative estimate of drug-likeness (QED) is 0.850. The lowest BCUT2D eigenvalue weighted by Gasteiger charge is -2.37. The Morgan fingerprint density at radius 2 is 1.96 bits per heavy atom. The fourth-order valence-corrected chi connectivity index (χ4v) is 3.81. The molecule has 2 fully saturated rings. The molecule has 4 heterocycles. The predicted molar refractivity (Wildman–Crippen MR) is 95.5 cm³/mol. The van der Waals surface area contributed by atoms with Gasteiger partial charge in [-0.2, -0.15) is 0 Å². The second-order valence-corrected chi connectivity index (χ2v) is 6.91. The zero-order chi connectivity index (χ0) is 17.1. The van der Waals surface area contributed by atoms with Crippen LogP contribution in [-0.4, -0.2) is 53.8 Å². The van der Waals surface area contributed by atoms with E-state index in [4.69, 9.17) is 9.15 Å². The van der Waals surface area contributed by atoms with Gasteiger partial charge in [0.2, 0.25) is 5.95 Å². The number of nitrogens with zero attached hydrogens (tertiary/aromatic N) is 4. The van der Waals surface area contributed by atoms with E-state index in [1.165, 1.54) is 0 Å². The summed E-state index contributed by atoms with van der Waals surface area (Å²) in [6, 6.07) is 6.05. The Morgan fingerprint density at radius 1 is 1.12 bits per heavy atom. The van der Waals surface area contributed by atoms with E-state index in [1.54, 1.807) is 0 Å². The maximum atomic E-state index is 6.18. The van der Waals surface area contributed by atoms with Crippen molar-refractivity contribution in [3.8, 4) is 0 Å². The number of hydrogen-bond acceptors (Lipinski definition) is 6. The highest BCUT2D eigenvalue weighted by molar-refractivity contribution is 5.29. The molecule has 0 unspecified atom stereocenters. The molecule has 0 bridgehead atoms. The smallest absolute Gasteiger partial charge is 0.225 e. The molecule has 2 saturated heterocycles. The van der Waals surface area contributed by atoms with Gasteiger partial charge < -0.3 is 14.1 Å². The molecule has 0 saturated carbocycles. The van der Waals surface area contributed by atoms with Gasteiger partial charge in [-0.25, -0.2) is 9.97 Å². The van der Waals surface area contributed by atoms with E-state index in [9.17, 15) is 0 Å². The molecule has 0 N–H and O–H groups in total. The first-order valence-corrected chi connectivity index (χ1v) is 9.25. The van der Waals surface area contributed by atoms with E-state index in [2.05, 4.69) is 38.8 Å². The molecule has 134 valence electrons. The van der Waals surface area contributed by atoms with E-state index < -0.39 is 0 Å². The van der Waals surface area contributed by atoms with E-state index in [0.717, 1.165) is 69.6 Å². The summed E-state index contributed by atoms with van der Waals surface area (Å²) in [5, 5.41) is 0. The zero-order valence-electron chi connectivity index (χ0n) is 14.8. The van der Waals surface area contributed by atoms with Crippen molar-refractivity contribution < 1.29 is 9.15 Å². The van der Waals surface area contributed by atoms with Crippen molar-refractivity contribution in [3.63, 3.8) is 0 Å². The Labute approximate surface area is 148 Å². The van der Waals surface area contributed by atoms with Crippen LogP contribution < -0.4 is 4.90 Å². The van der Waals surface area contributed by atoms with Crippen LogP contribution in [0.3, 0.4) is 0 Å². The van der Waals surface area contributed by atoms with Gasteiger partial charge in [0.05, 0.1) is 19.3 Å². The van der Waals surface area contributed by atoms with Crippen LogP contribution >= 0.6 is 0 Å². The molecule has 6 nitrogen and oxygen atoms in total. The van der Waals surface area contributed by atoms with E-state index >= 15 is 0 Å². The van der Waals surface area contributed by atoms with Crippen molar-refractivity contribution in [1.82, 2.24) is 14.9 Å². The molecule has 0 amide bonds. The van der Waals surface area contributed by atoms with Gasteiger partial charge in [-0.05, 0) is 31.2 Å². The summed E-state index contributed by atoms with van der Waals surface area (Å²) in [5.74, 6) is 3.47. The van der Waals surface area contributed by atoms with Crippen LogP contribution in [0.25, 0.3) is 0 Å². The number of ether oxygens (including phenoxy) is 1. The average molecular weight is 342 g/mol. The Bertz CT molecular complexity index is 675. The zero-order valence-corrected chi connectivity index (χ0v) is 14.8. The van der Waals surface area contributed by atoms with Crippen molar-refractivity contribution in [2.24, 2.45) is 5.92 Å². The first kappa shape index (κ1) is 16.5. The highest BCUT2D eigenvalue weighted by atomic mass is 16.5. The topological polar surface area (TPSA) is 54.6 Å². The van der Waals surface area contributed by atoms with Crippen molar-refractivity contribution in [2.75, 3.05) is 37.7 Å². The molecule has 2 aromatic heterocycles. The Balaban J connectivity index is 1.37. The second kappa shape index (κ2) is 7.54. The Hall–Kier alpha value is -1.92. The molecule has 0 aromatic carbocycles. The van der Waals surface area contributed by atoms with Gasteiger partial charge in [0.15, 0.2) is 0 Å². The fourth-order valence-electron chi connectivity index (χ4n) is 3.81. The number of hydrogen-bond donors (Lipinski definition) is 0. The molecule has 2 aliphatic rings. The summed E-state index contributed by atoms with van der Waals surface area (Å²) in [6.45, 7) is 7.60. The van der Waals surface area contributed by atoms with Crippen molar-refractivity contribution >= 4 is 5.95 Å². The molecule has 4 rings (SSSR count). The minimum Gasteiger partial charge on any atom is -0.465 e. The van der Waals surface area contributed by atoms with Gasteiger partial charge in [-0.1, -0.05) is 6.92 Å². The van der Waals surface area contributed by atoms with Crippen LogP contribution in [0.2, 0.25) is 0 Å². The normalized spacial score (nSPS) is 24.8. The molecule has 0 radical (unpaired) electrons. The molecule has 25 heavy (non-hydrogen) atoms. The summed E-state index contributed by atoms with van der Waals surface area (Å²) in [4.78, 5) is 13.5. The van der Waals surface area contributed by atoms with Crippen LogP contribution in [-0.2, 0) is 17.7 Å². The van der Waals surface area contributed by atoms with Gasteiger partial charge >= 0.3 is 0 Å². The minimum atomic E-state index is 0.281. The largest absolute Gasteiger partial charge is 0.465 e. The third-order valence-electron chi connectivity index (χ3n) is 5.21. The monoisotopic (exact) mass is 342 g/mol. The van der Waals surface area contributed by atoms with Gasteiger partial charge in [0.1, 0.15) is 11.5 Å². The lowest BCUT2D eigenvalue weighted by Crippen LogP contribution is -2.46. The minimum absolute atomic E-state index is 0.281. The number of fused-ring (bicyclic) bond motifs is 1. The second-order valence-electron chi connectivity index (χ2n) is 6.91. The number of furan rings is 1. The SMILES string of the molecule is CCc1ccc(CN2CC[C@@H]3CN(c4ncccn4)CCO[C@@H]3C2)o1. The van der Waals surface area contributed by atoms with Gasteiger partial charge in [-0.3, -0.25) is 4.90 Å². The van der Waals surface area contributed by atoms with Gasteiger partial charge in [0.25, 0.3) is 0 Å². The third-order valence-corrected chi connectivity index (χ3v) is 5.21. The number of rotatable bonds is 4. The lowest BCUT2D eigenvalue weighted by atomic mass is 9.93. The summed E-state index contributed by atoms with van der Waals surface area (Å²) >= 11 is 0. The lowest BCUT2D eigenvalue weighted by molar-refractivity contribution is -0.0253. The first-order valence-electron chi connectivity index (χ1n) is 9.25. The van der Waals surface area contributed by atoms with Crippen LogP contribution in [0.15, 0.2) is 35.0 Å². The van der Waals surface area contributed by atoms with Crippen molar-refractivity contribution in [1.29, 1.82) is 0 Å². The molecule has 6 heteroatoms. The van der Waals surface area contributed by atoms with Crippen LogP contribution in [0, 0.1) is 5.92 Å². The van der Waals surface area contributed by atoms with Gasteiger partial charge in [0, 0.05) is 44.4 Å². The molecular formula is C19H26N4O2. The maximum Gasteiger partial charge on any atom is 0.225 e. The van der Waals surface area contributed by atoms with Crippen LogP contribution in [0.4, 0.5) is 5.95 Å². The Kier molecular flexibility index (Phi) is 4.99. The molecule has 0 aliphatic carbocycles. The summed E-state index contributed by atoms with van der Waals surface area (Å²) in [5.41, 5.74) is 0. The Morgan fingerprint density at radius 3 is 2.76 bits per heavy atom. The summed E-state index contributed by atoms with van der Waals surface area (Å²) in [6.07, 6.45) is 5.98. The summed E-state index contributed by atoms with van der Waals surface area (Å²) < 4.78 is 12.0. The number of aromatic nitrogens is 2. The number of piperidine rings is 1.